The van der Waals surface area contributed by atoms with Gasteiger partial charge in [-0.3, -0.25) is 0 Å². The normalized spacial score (nSPS) is 18.9. The van der Waals surface area contributed by atoms with E-state index in [9.17, 15) is 13.2 Å². The zero-order chi connectivity index (χ0) is 13.2. The third kappa shape index (κ3) is 2.75. The quantitative estimate of drug-likeness (QED) is 0.877. The van der Waals surface area contributed by atoms with Crippen molar-refractivity contribution in [3.63, 3.8) is 0 Å². The van der Waals surface area contributed by atoms with E-state index in [1.807, 2.05) is 0 Å². The highest BCUT2D eigenvalue weighted by Gasteiger charge is 2.35. The van der Waals surface area contributed by atoms with Crippen molar-refractivity contribution in [3.8, 4) is 0 Å². The molecule has 1 aliphatic carbocycles. The Bertz CT molecular complexity index is 411. The van der Waals surface area contributed by atoms with Crippen molar-refractivity contribution in [2.24, 2.45) is 5.73 Å². The fraction of sp³-hybridized carbons (Fsp3) is 0.583. The van der Waals surface area contributed by atoms with Crippen LogP contribution in [0.5, 0.6) is 0 Å². The third-order valence-corrected chi connectivity index (χ3v) is 3.38. The summed E-state index contributed by atoms with van der Waals surface area (Å²) in [4.78, 5) is 3.61. The van der Waals surface area contributed by atoms with Crippen molar-refractivity contribution >= 4 is 5.82 Å². The molecule has 0 aromatic carbocycles. The highest BCUT2D eigenvalue weighted by atomic mass is 19.4. The van der Waals surface area contributed by atoms with Gasteiger partial charge in [-0.05, 0) is 25.0 Å². The number of nitrogens with two attached hydrogens (primary N) is 1. The maximum atomic E-state index is 12.5. The Morgan fingerprint density at radius 3 is 2.50 bits per heavy atom. The van der Waals surface area contributed by atoms with Crippen molar-refractivity contribution in [3.05, 3.63) is 23.9 Å². The van der Waals surface area contributed by atoms with Crippen molar-refractivity contribution < 1.29 is 13.2 Å². The van der Waals surface area contributed by atoms with E-state index in [0.29, 0.717) is 6.54 Å². The predicted octanol–water partition coefficient (Wildman–Crippen LogP) is 2.78. The maximum Gasteiger partial charge on any atom is 0.433 e. The summed E-state index contributed by atoms with van der Waals surface area (Å²) in [6, 6.07) is 3.87. The molecule has 0 saturated heterocycles. The van der Waals surface area contributed by atoms with Crippen LogP contribution in [-0.4, -0.2) is 17.1 Å². The Morgan fingerprint density at radius 1 is 1.28 bits per heavy atom. The van der Waals surface area contributed by atoms with Gasteiger partial charge in [-0.1, -0.05) is 18.9 Å². The molecule has 0 amide bonds. The molecule has 1 saturated carbocycles. The number of pyridine rings is 1. The van der Waals surface area contributed by atoms with Crippen LogP contribution in [0.25, 0.3) is 0 Å². The molecule has 0 unspecified atom stereocenters. The van der Waals surface area contributed by atoms with Crippen molar-refractivity contribution in [2.45, 2.75) is 37.4 Å². The Hall–Kier alpha value is -1.30. The van der Waals surface area contributed by atoms with E-state index >= 15 is 0 Å². The molecule has 100 valence electrons. The van der Waals surface area contributed by atoms with Gasteiger partial charge in [-0.25, -0.2) is 4.98 Å². The molecule has 0 bridgehead atoms. The molecule has 1 fully saturated rings. The number of rotatable bonds is 3. The molecule has 0 radical (unpaired) electrons. The fourth-order valence-electron chi connectivity index (χ4n) is 2.37. The van der Waals surface area contributed by atoms with Crippen molar-refractivity contribution in [1.29, 1.82) is 0 Å². The molecular formula is C12H16F3N3. The van der Waals surface area contributed by atoms with Crippen LogP contribution in [0, 0.1) is 0 Å². The van der Waals surface area contributed by atoms with Gasteiger partial charge in [-0.15, -0.1) is 0 Å². The van der Waals surface area contributed by atoms with Crippen molar-refractivity contribution in [2.75, 3.05) is 11.9 Å². The summed E-state index contributed by atoms with van der Waals surface area (Å²) >= 11 is 0. The topological polar surface area (TPSA) is 50.9 Å². The summed E-state index contributed by atoms with van der Waals surface area (Å²) < 4.78 is 37.6. The molecule has 3 N–H and O–H groups in total. The van der Waals surface area contributed by atoms with Crippen LogP contribution in [0.4, 0.5) is 19.0 Å². The summed E-state index contributed by atoms with van der Waals surface area (Å²) in [5, 5.41) is 3.08. The van der Waals surface area contributed by atoms with Gasteiger partial charge in [0.05, 0.1) is 5.54 Å². The lowest BCUT2D eigenvalue weighted by Gasteiger charge is -2.29. The van der Waals surface area contributed by atoms with Crippen molar-refractivity contribution in [1.82, 2.24) is 4.98 Å². The maximum absolute atomic E-state index is 12.5. The Kier molecular flexibility index (Phi) is 3.47. The van der Waals surface area contributed by atoms with Crippen LogP contribution < -0.4 is 11.1 Å². The number of halogens is 3. The van der Waals surface area contributed by atoms with E-state index in [-0.39, 0.29) is 11.4 Å². The van der Waals surface area contributed by atoms with Gasteiger partial charge in [0.25, 0.3) is 0 Å². The lowest BCUT2D eigenvalue weighted by atomic mass is 9.98. The molecule has 1 aromatic rings. The molecule has 18 heavy (non-hydrogen) atoms. The first-order chi connectivity index (χ1) is 8.45. The van der Waals surface area contributed by atoms with E-state index in [0.717, 1.165) is 31.7 Å². The van der Waals surface area contributed by atoms with E-state index < -0.39 is 11.9 Å². The summed E-state index contributed by atoms with van der Waals surface area (Å²) in [6.45, 7) is 0.408. The predicted molar refractivity (Wildman–Crippen MR) is 63.1 cm³/mol. The fourth-order valence-corrected chi connectivity index (χ4v) is 2.37. The van der Waals surface area contributed by atoms with Crippen LogP contribution in [0.2, 0.25) is 0 Å². The van der Waals surface area contributed by atoms with Crippen LogP contribution in [0.1, 0.15) is 31.4 Å². The van der Waals surface area contributed by atoms with Gasteiger partial charge in [-0.2, -0.15) is 13.2 Å². The highest BCUT2D eigenvalue weighted by Crippen LogP contribution is 2.33. The summed E-state index contributed by atoms with van der Waals surface area (Å²) in [6.07, 6.45) is -0.571. The molecule has 1 heterocycles. The first-order valence-electron chi connectivity index (χ1n) is 5.98. The average molecular weight is 259 g/mol. The van der Waals surface area contributed by atoms with Crippen LogP contribution in [0.3, 0.4) is 0 Å². The number of nitrogens with one attached hydrogen (secondary N) is 1. The number of hydrogen-bond acceptors (Lipinski definition) is 3. The van der Waals surface area contributed by atoms with Crippen LogP contribution in [-0.2, 0) is 6.18 Å². The van der Waals surface area contributed by atoms with Gasteiger partial charge < -0.3 is 11.1 Å². The molecule has 6 heteroatoms. The number of alkyl halides is 3. The van der Waals surface area contributed by atoms with Gasteiger partial charge in [0.2, 0.25) is 0 Å². The second-order valence-electron chi connectivity index (χ2n) is 4.72. The molecule has 1 aliphatic rings. The van der Waals surface area contributed by atoms with E-state index in [1.54, 1.807) is 6.07 Å². The highest BCUT2D eigenvalue weighted by molar-refractivity contribution is 5.39. The Labute approximate surface area is 104 Å². The minimum absolute atomic E-state index is 0.247. The first-order valence-corrected chi connectivity index (χ1v) is 5.98. The van der Waals surface area contributed by atoms with E-state index in [1.165, 1.54) is 6.07 Å². The molecule has 3 nitrogen and oxygen atoms in total. The summed E-state index contributed by atoms with van der Waals surface area (Å²) in [5.74, 6) is 0.247. The lowest BCUT2D eigenvalue weighted by Crippen LogP contribution is -2.43. The molecule has 0 atom stereocenters. The largest absolute Gasteiger partial charge is 0.433 e. The van der Waals surface area contributed by atoms with Gasteiger partial charge in [0, 0.05) is 6.54 Å². The summed E-state index contributed by atoms with van der Waals surface area (Å²) in [5.41, 5.74) is 4.56. The summed E-state index contributed by atoms with van der Waals surface area (Å²) in [7, 11) is 0. The zero-order valence-corrected chi connectivity index (χ0v) is 9.93. The second kappa shape index (κ2) is 4.76. The zero-order valence-electron chi connectivity index (χ0n) is 9.93. The SMILES string of the molecule is NCC1(Nc2cccc(C(F)(F)F)n2)CCCC1. The smallest absolute Gasteiger partial charge is 0.363 e. The van der Waals surface area contributed by atoms with Crippen LogP contribution >= 0.6 is 0 Å². The Morgan fingerprint density at radius 2 is 1.94 bits per heavy atom. The van der Waals surface area contributed by atoms with Gasteiger partial charge in [0.1, 0.15) is 11.5 Å². The second-order valence-corrected chi connectivity index (χ2v) is 4.72. The van der Waals surface area contributed by atoms with E-state index in [2.05, 4.69) is 10.3 Å². The molecule has 0 aliphatic heterocycles. The third-order valence-electron chi connectivity index (χ3n) is 3.38. The monoisotopic (exact) mass is 259 g/mol. The lowest BCUT2D eigenvalue weighted by molar-refractivity contribution is -0.141. The molecular weight excluding hydrogens is 243 g/mol. The van der Waals surface area contributed by atoms with Crippen LogP contribution in [0.15, 0.2) is 18.2 Å². The average Bonchev–Trinajstić information content (AvgIpc) is 2.77. The Balaban J connectivity index is 2.19. The van der Waals surface area contributed by atoms with Gasteiger partial charge >= 0.3 is 6.18 Å². The number of nitrogens with zero attached hydrogens (tertiary/aromatic N) is 1. The number of anilines is 1. The molecule has 2 rings (SSSR count). The molecule has 0 spiro atoms. The minimum Gasteiger partial charge on any atom is -0.363 e. The number of hydrogen-bond donors (Lipinski definition) is 2. The van der Waals surface area contributed by atoms with E-state index in [4.69, 9.17) is 5.73 Å². The molecule has 1 aromatic heterocycles. The van der Waals surface area contributed by atoms with Gasteiger partial charge in [0.15, 0.2) is 0 Å². The number of aromatic nitrogens is 1. The first kappa shape index (κ1) is 13.1. The minimum atomic E-state index is -4.41. The standard InChI is InChI=1S/C12H16F3N3/c13-12(14,15)9-4-3-5-10(17-9)18-11(8-16)6-1-2-7-11/h3-5H,1-2,6-8,16H2,(H,17,18).